The molecule has 1 aromatic heterocycles. The molecule has 0 unspecified atom stereocenters. The maximum atomic E-state index is 9.74. The van der Waals surface area contributed by atoms with Crippen LogP contribution in [0.3, 0.4) is 0 Å². The van der Waals surface area contributed by atoms with E-state index in [4.69, 9.17) is 4.98 Å². The number of nitrogens with zero attached hydrogens (tertiary/aromatic N) is 2. The van der Waals surface area contributed by atoms with Gasteiger partial charge in [0, 0.05) is 10.9 Å². The summed E-state index contributed by atoms with van der Waals surface area (Å²) >= 11 is 1.50. The van der Waals surface area contributed by atoms with E-state index in [0.717, 1.165) is 27.2 Å². The lowest BCUT2D eigenvalue weighted by Crippen LogP contribution is -1.84. The van der Waals surface area contributed by atoms with Crippen molar-refractivity contribution in [3.05, 3.63) is 113 Å². The van der Waals surface area contributed by atoms with Gasteiger partial charge in [0.15, 0.2) is 0 Å². The van der Waals surface area contributed by atoms with E-state index in [1.807, 2.05) is 47.9 Å². The van der Waals surface area contributed by atoms with E-state index >= 15 is 0 Å². The summed E-state index contributed by atoms with van der Waals surface area (Å²) in [5, 5.41) is 14.8. The van der Waals surface area contributed by atoms with Crippen molar-refractivity contribution in [2.75, 3.05) is 0 Å². The van der Waals surface area contributed by atoms with Crippen LogP contribution in [0.2, 0.25) is 0 Å². The normalized spacial score (nSPS) is 11.4. The summed E-state index contributed by atoms with van der Waals surface area (Å²) in [6, 6.07) is 35.5. The minimum atomic E-state index is 0.576. The first-order valence-corrected chi connectivity index (χ1v) is 10.9. The molecular formula is C28H18N2S. The van der Waals surface area contributed by atoms with Crippen LogP contribution in [0.25, 0.3) is 44.8 Å². The number of thiazole rings is 1. The molecule has 5 rings (SSSR count). The van der Waals surface area contributed by atoms with Crippen LogP contribution in [0.5, 0.6) is 0 Å². The number of rotatable bonds is 4. The van der Waals surface area contributed by atoms with E-state index in [2.05, 4.69) is 66.7 Å². The zero-order valence-electron chi connectivity index (χ0n) is 16.7. The van der Waals surface area contributed by atoms with Gasteiger partial charge in [0.05, 0.1) is 11.3 Å². The molecule has 0 atom stereocenters. The summed E-state index contributed by atoms with van der Waals surface area (Å²) in [7, 11) is 0. The van der Waals surface area contributed by atoms with Gasteiger partial charge in [0.2, 0.25) is 0 Å². The highest BCUT2D eigenvalue weighted by Crippen LogP contribution is 2.29. The first-order chi connectivity index (χ1) is 15.3. The van der Waals surface area contributed by atoms with Crippen LogP contribution >= 0.6 is 11.3 Å². The number of hydrogen-bond acceptors (Lipinski definition) is 3. The molecule has 31 heavy (non-hydrogen) atoms. The van der Waals surface area contributed by atoms with Gasteiger partial charge in [0.1, 0.15) is 11.1 Å². The first-order valence-electron chi connectivity index (χ1n) is 10.0. The highest BCUT2D eigenvalue weighted by molar-refractivity contribution is 7.11. The first kappa shape index (κ1) is 19.0. The number of allylic oxidation sites excluding steroid dienone is 1. The molecule has 3 heteroatoms. The lowest BCUT2D eigenvalue weighted by Gasteiger charge is -2.03. The zero-order valence-corrected chi connectivity index (χ0v) is 17.5. The number of hydrogen-bond donors (Lipinski definition) is 0. The van der Waals surface area contributed by atoms with Crippen LogP contribution in [0, 0.1) is 11.3 Å². The predicted octanol–water partition coefficient (Wildman–Crippen LogP) is 7.69. The molecule has 0 saturated carbocycles. The number of benzene rings is 4. The van der Waals surface area contributed by atoms with E-state index in [1.165, 1.54) is 27.8 Å². The van der Waals surface area contributed by atoms with Gasteiger partial charge in [-0.25, -0.2) is 4.98 Å². The third-order valence-corrected chi connectivity index (χ3v) is 6.10. The molecule has 5 aromatic rings. The summed E-state index contributed by atoms with van der Waals surface area (Å²) < 4.78 is 0. The maximum absolute atomic E-state index is 9.74. The van der Waals surface area contributed by atoms with Crippen molar-refractivity contribution in [2.24, 2.45) is 0 Å². The molecule has 0 bridgehead atoms. The Hall–Kier alpha value is -4.00. The molecule has 0 aliphatic carbocycles. The molecule has 4 aromatic carbocycles. The second kappa shape index (κ2) is 8.39. The Bertz CT molecular complexity index is 1420. The van der Waals surface area contributed by atoms with Crippen molar-refractivity contribution in [1.29, 1.82) is 5.26 Å². The number of fused-ring (bicyclic) bond motifs is 1. The van der Waals surface area contributed by atoms with Crippen LogP contribution in [0.4, 0.5) is 0 Å². The molecule has 0 aliphatic rings. The minimum Gasteiger partial charge on any atom is -0.235 e. The standard InChI is InChI=1S/C28H18N2S/c29-18-26(17-20-10-11-22-8-4-5-9-25(22)16-20)28-30-27(19-31-28)24-14-12-23(13-15-24)21-6-2-1-3-7-21/h1-17,19H. The van der Waals surface area contributed by atoms with Crippen molar-refractivity contribution in [3.63, 3.8) is 0 Å². The number of nitriles is 1. The van der Waals surface area contributed by atoms with E-state index in [9.17, 15) is 5.26 Å². The molecule has 0 amide bonds. The molecule has 0 saturated heterocycles. The number of aromatic nitrogens is 1. The van der Waals surface area contributed by atoms with Crippen LogP contribution in [-0.4, -0.2) is 4.98 Å². The van der Waals surface area contributed by atoms with Gasteiger partial charge >= 0.3 is 0 Å². The van der Waals surface area contributed by atoms with E-state index in [1.54, 1.807) is 0 Å². The monoisotopic (exact) mass is 414 g/mol. The molecule has 0 fully saturated rings. The van der Waals surface area contributed by atoms with Gasteiger partial charge in [0.25, 0.3) is 0 Å². The van der Waals surface area contributed by atoms with Crippen LogP contribution in [0.1, 0.15) is 10.6 Å². The Morgan fingerprint density at radius 3 is 2.19 bits per heavy atom. The largest absolute Gasteiger partial charge is 0.235 e. The van der Waals surface area contributed by atoms with Gasteiger partial charge < -0.3 is 0 Å². The van der Waals surface area contributed by atoms with Crippen molar-refractivity contribution < 1.29 is 0 Å². The van der Waals surface area contributed by atoms with Crippen molar-refractivity contribution in [2.45, 2.75) is 0 Å². The Morgan fingerprint density at radius 1 is 0.742 bits per heavy atom. The predicted molar refractivity (Wildman–Crippen MR) is 130 cm³/mol. The lowest BCUT2D eigenvalue weighted by molar-refractivity contribution is 1.37. The van der Waals surface area contributed by atoms with Crippen LogP contribution < -0.4 is 0 Å². The van der Waals surface area contributed by atoms with Gasteiger partial charge in [-0.2, -0.15) is 5.26 Å². The molecule has 0 spiro atoms. The average molecular weight is 415 g/mol. The van der Waals surface area contributed by atoms with E-state index in [0.29, 0.717) is 5.57 Å². The highest BCUT2D eigenvalue weighted by atomic mass is 32.1. The van der Waals surface area contributed by atoms with Gasteiger partial charge in [-0.3, -0.25) is 0 Å². The summed E-state index contributed by atoms with van der Waals surface area (Å²) in [6.07, 6.45) is 1.91. The smallest absolute Gasteiger partial charge is 0.134 e. The Balaban J connectivity index is 1.43. The highest BCUT2D eigenvalue weighted by Gasteiger charge is 2.10. The molecular weight excluding hydrogens is 396 g/mol. The molecule has 0 aliphatic heterocycles. The summed E-state index contributed by atoms with van der Waals surface area (Å²) in [4.78, 5) is 4.74. The fourth-order valence-corrected chi connectivity index (χ4v) is 4.39. The average Bonchev–Trinajstić information content (AvgIpc) is 3.33. The fourth-order valence-electron chi connectivity index (χ4n) is 3.60. The lowest BCUT2D eigenvalue weighted by atomic mass is 10.0. The maximum Gasteiger partial charge on any atom is 0.134 e. The Morgan fingerprint density at radius 2 is 1.42 bits per heavy atom. The van der Waals surface area contributed by atoms with Gasteiger partial charge in [-0.15, -0.1) is 11.3 Å². The fraction of sp³-hybridized carbons (Fsp3) is 0. The summed E-state index contributed by atoms with van der Waals surface area (Å²) in [5.41, 5.74) is 5.88. The Kier molecular flexibility index (Phi) is 5.14. The van der Waals surface area contributed by atoms with Crippen LogP contribution in [0.15, 0.2) is 102 Å². The topological polar surface area (TPSA) is 36.7 Å². The van der Waals surface area contributed by atoms with Gasteiger partial charge in [-0.05, 0) is 39.6 Å². The zero-order chi connectivity index (χ0) is 21.0. The molecule has 146 valence electrons. The van der Waals surface area contributed by atoms with E-state index < -0.39 is 0 Å². The second-order valence-electron chi connectivity index (χ2n) is 7.26. The SMILES string of the molecule is N#CC(=Cc1ccc2ccccc2c1)c1nc(-c2ccc(-c3ccccc3)cc2)cs1. The van der Waals surface area contributed by atoms with Crippen molar-refractivity contribution in [3.8, 4) is 28.5 Å². The molecule has 1 heterocycles. The third-order valence-electron chi connectivity index (χ3n) is 5.23. The van der Waals surface area contributed by atoms with Crippen LogP contribution in [-0.2, 0) is 0 Å². The van der Waals surface area contributed by atoms with Crippen molar-refractivity contribution >= 4 is 33.8 Å². The summed E-state index contributed by atoms with van der Waals surface area (Å²) in [5.74, 6) is 0. The third kappa shape index (κ3) is 4.02. The van der Waals surface area contributed by atoms with E-state index in [-0.39, 0.29) is 0 Å². The van der Waals surface area contributed by atoms with Crippen molar-refractivity contribution in [1.82, 2.24) is 4.98 Å². The quantitative estimate of drug-likeness (QED) is 0.283. The second-order valence-corrected chi connectivity index (χ2v) is 8.12. The molecule has 2 nitrogen and oxygen atoms in total. The molecule has 0 radical (unpaired) electrons. The Labute approximate surface area is 185 Å². The molecule has 0 N–H and O–H groups in total. The minimum absolute atomic E-state index is 0.576. The van der Waals surface area contributed by atoms with Gasteiger partial charge in [-0.1, -0.05) is 91.0 Å². The summed E-state index contributed by atoms with van der Waals surface area (Å²) in [6.45, 7) is 0.